The third-order valence-corrected chi connectivity index (χ3v) is 3.59. The van der Waals surface area contributed by atoms with E-state index in [2.05, 4.69) is 4.98 Å². The summed E-state index contributed by atoms with van der Waals surface area (Å²) in [6, 6.07) is 1.84. The van der Waals surface area contributed by atoms with Crippen molar-refractivity contribution in [2.24, 2.45) is 0 Å². The number of carbonyl (C=O) groups excluding carboxylic acids is 1. The number of hydrogen-bond donors (Lipinski definition) is 0. The lowest BCUT2D eigenvalue weighted by atomic mass is 10.1. The number of carbonyl (C=O) groups is 1. The van der Waals surface area contributed by atoms with E-state index in [0.717, 1.165) is 4.88 Å². The molecule has 0 aliphatic carbocycles. The first-order valence-electron chi connectivity index (χ1n) is 6.38. The van der Waals surface area contributed by atoms with Crippen LogP contribution in [-0.4, -0.2) is 24.7 Å². The molecule has 2 aromatic heterocycles. The van der Waals surface area contributed by atoms with Crippen LogP contribution in [0.5, 0.6) is 5.75 Å². The number of rotatable bonds is 5. The van der Waals surface area contributed by atoms with E-state index in [1.807, 2.05) is 25.3 Å². The van der Waals surface area contributed by atoms with Crippen LogP contribution in [-0.2, 0) is 4.74 Å². The molecule has 0 aliphatic rings. The summed E-state index contributed by atoms with van der Waals surface area (Å²) in [5.41, 5.74) is 0.605. The fourth-order valence-electron chi connectivity index (χ4n) is 1.78. The zero-order valence-electron chi connectivity index (χ0n) is 11.9. The quantitative estimate of drug-likeness (QED) is 0.787. The maximum Gasteiger partial charge on any atom is 0.376 e. The number of esters is 1. The minimum Gasteiger partial charge on any atom is -0.495 e. The van der Waals surface area contributed by atoms with Crippen molar-refractivity contribution >= 4 is 17.3 Å². The molecule has 2 heterocycles. The molecule has 0 aliphatic heterocycles. The van der Waals surface area contributed by atoms with Crippen LogP contribution in [0.2, 0.25) is 0 Å². The number of nitrogens with zero attached hydrogens (tertiary/aromatic N) is 1. The third-order valence-electron chi connectivity index (χ3n) is 2.70. The minimum atomic E-state index is -0.481. The molecule has 0 unspecified atom stereocenters. The van der Waals surface area contributed by atoms with Crippen LogP contribution in [0.4, 0.5) is 0 Å². The van der Waals surface area contributed by atoms with Gasteiger partial charge in [-0.1, -0.05) is 13.8 Å². The molecule has 2 rings (SSSR count). The number of thiophene rings is 1. The van der Waals surface area contributed by atoms with Gasteiger partial charge >= 0.3 is 5.97 Å². The molecule has 6 heteroatoms. The maximum absolute atomic E-state index is 11.9. The van der Waals surface area contributed by atoms with E-state index in [1.54, 1.807) is 14.0 Å². The first-order chi connectivity index (χ1) is 9.58. The Hall–Kier alpha value is -1.82. The Balaban J connectivity index is 2.46. The topological polar surface area (TPSA) is 61.6 Å². The monoisotopic (exact) mass is 295 g/mol. The second kappa shape index (κ2) is 6.09. The molecule has 0 saturated heterocycles. The van der Waals surface area contributed by atoms with Crippen LogP contribution in [0.15, 0.2) is 15.9 Å². The van der Waals surface area contributed by atoms with Gasteiger partial charge in [0.15, 0.2) is 0 Å². The SMILES string of the molecule is CCOC(=O)c1oc(-c2sccc2OC)nc1C(C)C. The lowest BCUT2D eigenvalue weighted by Crippen LogP contribution is -2.07. The molecule has 0 fully saturated rings. The molecular formula is C14H17NO4S. The zero-order valence-corrected chi connectivity index (χ0v) is 12.7. The van der Waals surface area contributed by atoms with Crippen LogP contribution < -0.4 is 4.74 Å². The predicted molar refractivity (Wildman–Crippen MR) is 76.4 cm³/mol. The number of ether oxygens (including phenoxy) is 2. The fourth-order valence-corrected chi connectivity index (χ4v) is 2.56. The van der Waals surface area contributed by atoms with Gasteiger partial charge in [-0.15, -0.1) is 11.3 Å². The molecule has 2 aromatic rings. The summed E-state index contributed by atoms with van der Waals surface area (Å²) in [6.07, 6.45) is 0. The van der Waals surface area contributed by atoms with Gasteiger partial charge in [0.25, 0.3) is 0 Å². The lowest BCUT2D eigenvalue weighted by Gasteiger charge is -2.02. The van der Waals surface area contributed by atoms with Crippen LogP contribution in [0.25, 0.3) is 10.8 Å². The van der Waals surface area contributed by atoms with Gasteiger partial charge in [-0.25, -0.2) is 9.78 Å². The second-order valence-corrected chi connectivity index (χ2v) is 5.34. The Morgan fingerprint density at radius 3 is 2.85 bits per heavy atom. The summed E-state index contributed by atoms with van der Waals surface area (Å²) < 4.78 is 15.9. The third kappa shape index (κ3) is 2.70. The van der Waals surface area contributed by atoms with E-state index in [4.69, 9.17) is 13.9 Å². The van der Waals surface area contributed by atoms with Gasteiger partial charge in [0.1, 0.15) is 10.6 Å². The minimum absolute atomic E-state index is 0.0675. The van der Waals surface area contributed by atoms with Crippen molar-refractivity contribution in [2.45, 2.75) is 26.7 Å². The van der Waals surface area contributed by atoms with E-state index in [-0.39, 0.29) is 11.7 Å². The molecule has 5 nitrogen and oxygen atoms in total. The Morgan fingerprint density at radius 2 is 2.25 bits per heavy atom. The number of aromatic nitrogens is 1. The summed E-state index contributed by atoms with van der Waals surface area (Å²) >= 11 is 1.45. The summed E-state index contributed by atoms with van der Waals surface area (Å²) in [6.45, 7) is 5.97. The van der Waals surface area contributed by atoms with E-state index < -0.39 is 5.97 Å². The molecule has 20 heavy (non-hydrogen) atoms. The zero-order chi connectivity index (χ0) is 14.7. The average molecular weight is 295 g/mol. The Kier molecular flexibility index (Phi) is 4.44. The Morgan fingerprint density at radius 1 is 1.50 bits per heavy atom. The van der Waals surface area contributed by atoms with Crippen LogP contribution in [0.1, 0.15) is 42.9 Å². The lowest BCUT2D eigenvalue weighted by molar-refractivity contribution is 0.0488. The van der Waals surface area contributed by atoms with Gasteiger partial charge in [0.2, 0.25) is 11.7 Å². The Labute approximate surface area is 121 Å². The van der Waals surface area contributed by atoms with Gasteiger partial charge < -0.3 is 13.9 Å². The van der Waals surface area contributed by atoms with Gasteiger partial charge in [-0.05, 0) is 24.3 Å². The molecule has 0 radical (unpaired) electrons. The smallest absolute Gasteiger partial charge is 0.376 e. The van der Waals surface area contributed by atoms with Crippen LogP contribution >= 0.6 is 11.3 Å². The normalized spacial score (nSPS) is 10.8. The van der Waals surface area contributed by atoms with Crippen molar-refractivity contribution in [1.29, 1.82) is 0 Å². The highest BCUT2D eigenvalue weighted by molar-refractivity contribution is 7.13. The van der Waals surface area contributed by atoms with Crippen molar-refractivity contribution in [1.82, 2.24) is 4.98 Å². The molecule has 0 N–H and O–H groups in total. The summed E-state index contributed by atoms with van der Waals surface area (Å²) in [5, 5.41) is 1.89. The number of oxazole rings is 1. The average Bonchev–Trinajstić information content (AvgIpc) is 3.04. The first-order valence-corrected chi connectivity index (χ1v) is 7.26. The van der Waals surface area contributed by atoms with Gasteiger partial charge in [-0.3, -0.25) is 0 Å². The van der Waals surface area contributed by atoms with Crippen molar-refractivity contribution in [3.63, 3.8) is 0 Å². The Bertz CT molecular complexity index is 600. The van der Waals surface area contributed by atoms with Crippen LogP contribution in [0, 0.1) is 0 Å². The molecular weight excluding hydrogens is 278 g/mol. The van der Waals surface area contributed by atoms with E-state index in [0.29, 0.717) is 23.9 Å². The predicted octanol–water partition coefficient (Wildman–Crippen LogP) is 3.71. The molecule has 0 saturated carbocycles. The van der Waals surface area contributed by atoms with E-state index in [1.165, 1.54) is 11.3 Å². The number of hydrogen-bond acceptors (Lipinski definition) is 6. The first kappa shape index (κ1) is 14.6. The van der Waals surface area contributed by atoms with Gasteiger partial charge in [0, 0.05) is 0 Å². The standard InChI is InChI=1S/C14H17NO4S/c1-5-18-14(16)11-10(8(2)3)15-13(19-11)12-9(17-4)6-7-20-12/h6-8H,5H2,1-4H3. The van der Waals surface area contributed by atoms with Crippen molar-refractivity contribution in [2.75, 3.05) is 13.7 Å². The van der Waals surface area contributed by atoms with Gasteiger partial charge in [-0.2, -0.15) is 0 Å². The highest BCUT2D eigenvalue weighted by atomic mass is 32.1. The molecule has 0 aromatic carbocycles. The molecule has 0 amide bonds. The largest absolute Gasteiger partial charge is 0.495 e. The summed E-state index contributed by atoms with van der Waals surface area (Å²) in [7, 11) is 1.59. The van der Waals surface area contributed by atoms with Crippen LogP contribution in [0.3, 0.4) is 0 Å². The molecule has 0 atom stereocenters. The molecule has 0 bridgehead atoms. The van der Waals surface area contributed by atoms with E-state index >= 15 is 0 Å². The summed E-state index contributed by atoms with van der Waals surface area (Å²) in [5.74, 6) is 0.834. The van der Waals surface area contributed by atoms with Crippen molar-refractivity contribution in [3.8, 4) is 16.5 Å². The molecule has 0 spiro atoms. The fraction of sp³-hybridized carbons (Fsp3) is 0.429. The summed E-state index contributed by atoms with van der Waals surface area (Å²) in [4.78, 5) is 17.1. The van der Waals surface area contributed by atoms with Crippen molar-refractivity contribution in [3.05, 3.63) is 22.9 Å². The maximum atomic E-state index is 11.9. The van der Waals surface area contributed by atoms with E-state index in [9.17, 15) is 4.79 Å². The molecule has 108 valence electrons. The second-order valence-electron chi connectivity index (χ2n) is 4.43. The highest BCUT2D eigenvalue weighted by Crippen LogP contribution is 2.36. The van der Waals surface area contributed by atoms with Gasteiger partial charge in [0.05, 0.1) is 19.4 Å². The van der Waals surface area contributed by atoms with Crippen molar-refractivity contribution < 1.29 is 18.7 Å². The number of methoxy groups -OCH3 is 1. The highest BCUT2D eigenvalue weighted by Gasteiger charge is 2.25.